The van der Waals surface area contributed by atoms with E-state index in [4.69, 9.17) is 4.74 Å². The van der Waals surface area contributed by atoms with Gasteiger partial charge in [0.25, 0.3) is 0 Å². The van der Waals surface area contributed by atoms with Gasteiger partial charge in [0.1, 0.15) is 0 Å². The number of hydrogen-bond acceptors (Lipinski definition) is 2. The van der Waals surface area contributed by atoms with Gasteiger partial charge < -0.3 is 0 Å². The van der Waals surface area contributed by atoms with E-state index >= 15 is 0 Å². The molecule has 3 heteroatoms. The Balaban J connectivity index is 1.85. The molecule has 0 saturated heterocycles. The van der Waals surface area contributed by atoms with Crippen molar-refractivity contribution < 1.29 is 9.84 Å². The van der Waals surface area contributed by atoms with Gasteiger partial charge in [0.15, 0.2) is 0 Å². The molecule has 0 bridgehead atoms. The van der Waals surface area contributed by atoms with Gasteiger partial charge in [-0.1, -0.05) is 0 Å². The third kappa shape index (κ3) is 4.00. The molecule has 0 fully saturated rings. The van der Waals surface area contributed by atoms with Crippen molar-refractivity contribution in [2.45, 2.75) is 46.0 Å². The van der Waals surface area contributed by atoms with Gasteiger partial charge in [-0.05, 0) is 0 Å². The molecule has 0 aliphatic carbocycles. The summed E-state index contributed by atoms with van der Waals surface area (Å²) in [5, 5.41) is 9.23. The van der Waals surface area contributed by atoms with Gasteiger partial charge in [-0.15, -0.1) is 0 Å². The summed E-state index contributed by atoms with van der Waals surface area (Å²) >= 11 is -1.44. The monoisotopic (exact) mass is 453 g/mol. The predicted molar refractivity (Wildman–Crippen MR) is 123 cm³/mol. The molecule has 0 spiro atoms. The van der Waals surface area contributed by atoms with Gasteiger partial charge in [-0.2, -0.15) is 0 Å². The van der Waals surface area contributed by atoms with Crippen LogP contribution in [0.3, 0.4) is 0 Å². The first kappa shape index (κ1) is 20.2. The maximum atomic E-state index is 9.23. The number of benzene rings is 3. The van der Waals surface area contributed by atoms with Crippen molar-refractivity contribution in [1.29, 1.82) is 0 Å². The van der Waals surface area contributed by atoms with E-state index in [9.17, 15) is 5.11 Å². The topological polar surface area (TPSA) is 29.5 Å². The molecule has 29 heavy (non-hydrogen) atoms. The second-order valence-electron chi connectivity index (χ2n) is 8.57. The molecule has 2 nitrogen and oxygen atoms in total. The second kappa shape index (κ2) is 7.99. The summed E-state index contributed by atoms with van der Waals surface area (Å²) in [6.07, 6.45) is 1.71. The van der Waals surface area contributed by atoms with Gasteiger partial charge in [-0.25, -0.2) is 0 Å². The quantitative estimate of drug-likeness (QED) is 0.479. The Morgan fingerprint density at radius 1 is 0.828 bits per heavy atom. The van der Waals surface area contributed by atoms with Crippen LogP contribution in [0.5, 0.6) is 11.5 Å². The first-order valence-corrected chi connectivity index (χ1v) is 12.9. The van der Waals surface area contributed by atoms with Crippen molar-refractivity contribution in [1.82, 2.24) is 0 Å². The van der Waals surface area contributed by atoms with Crippen LogP contribution in [0, 0.1) is 0 Å². The van der Waals surface area contributed by atoms with E-state index in [2.05, 4.69) is 88.4 Å². The number of rotatable bonds is 4. The number of aryl methyl sites for hydroxylation is 1. The SMILES string of the molecule is CCc1ccc2c(c1)Oc1cc(C(C)(C)C)ccc1[Se]2c1ccc(CCO)cc1. The summed E-state index contributed by atoms with van der Waals surface area (Å²) in [5.74, 6) is 2.04. The Labute approximate surface area is 178 Å². The zero-order valence-corrected chi connectivity index (χ0v) is 19.4. The Kier molecular flexibility index (Phi) is 5.57. The molecule has 0 aromatic heterocycles. The molecule has 0 atom stereocenters. The van der Waals surface area contributed by atoms with Crippen LogP contribution in [0.1, 0.15) is 44.4 Å². The van der Waals surface area contributed by atoms with E-state index in [-0.39, 0.29) is 12.0 Å². The van der Waals surface area contributed by atoms with Crippen molar-refractivity contribution in [3.05, 3.63) is 77.4 Å². The van der Waals surface area contributed by atoms with Crippen molar-refractivity contribution in [3.8, 4) is 11.5 Å². The minimum absolute atomic E-state index is 0.0887. The number of aliphatic hydroxyl groups excluding tert-OH is 1. The Bertz CT molecular complexity index is 1020. The summed E-state index contributed by atoms with van der Waals surface area (Å²) in [7, 11) is 0. The fraction of sp³-hybridized carbons (Fsp3) is 0.308. The molecule has 3 aromatic carbocycles. The predicted octanol–water partition coefficient (Wildman–Crippen LogP) is 3.70. The van der Waals surface area contributed by atoms with E-state index in [1.807, 2.05) is 0 Å². The van der Waals surface area contributed by atoms with E-state index in [1.54, 1.807) is 0 Å². The molecule has 0 unspecified atom stereocenters. The molecule has 1 heterocycles. The molecule has 0 saturated carbocycles. The zero-order chi connectivity index (χ0) is 20.6. The second-order valence-corrected chi connectivity index (χ2v) is 12.7. The average molecular weight is 452 g/mol. The van der Waals surface area contributed by atoms with E-state index in [0.29, 0.717) is 6.42 Å². The third-order valence-electron chi connectivity index (χ3n) is 5.45. The molecule has 1 aliphatic heterocycles. The average Bonchev–Trinajstić information content (AvgIpc) is 2.71. The zero-order valence-electron chi connectivity index (χ0n) is 17.7. The molecule has 1 radical (unpaired) electrons. The minimum atomic E-state index is -1.44. The summed E-state index contributed by atoms with van der Waals surface area (Å²) in [5.41, 5.74) is 3.88. The van der Waals surface area contributed by atoms with Gasteiger partial charge in [0.05, 0.1) is 0 Å². The Morgan fingerprint density at radius 2 is 1.45 bits per heavy atom. The summed E-state index contributed by atoms with van der Waals surface area (Å²) in [4.78, 5) is 0. The van der Waals surface area contributed by atoms with Crippen molar-refractivity contribution in [2.75, 3.05) is 6.61 Å². The number of hydrogen-bond donors (Lipinski definition) is 1. The third-order valence-corrected chi connectivity index (χ3v) is 10.3. The fourth-order valence-electron chi connectivity index (χ4n) is 3.66. The molecule has 1 N–H and O–H groups in total. The summed E-state index contributed by atoms with van der Waals surface area (Å²) in [6.45, 7) is 9.11. The van der Waals surface area contributed by atoms with Gasteiger partial charge >= 0.3 is 179 Å². The van der Waals surface area contributed by atoms with Crippen LogP contribution in [-0.2, 0) is 18.3 Å². The van der Waals surface area contributed by atoms with Crippen LogP contribution >= 0.6 is 0 Å². The van der Waals surface area contributed by atoms with Gasteiger partial charge in [-0.3, -0.25) is 0 Å². The maximum absolute atomic E-state index is 9.23. The molecule has 151 valence electrons. The normalized spacial score (nSPS) is 13.6. The molecule has 1 aliphatic rings. The Morgan fingerprint density at radius 3 is 2.07 bits per heavy atom. The Hall–Kier alpha value is -2.06. The fourth-order valence-corrected chi connectivity index (χ4v) is 8.20. The molecule has 0 amide bonds. The summed E-state index contributed by atoms with van der Waals surface area (Å²) in [6, 6.07) is 22.4. The van der Waals surface area contributed by atoms with E-state index in [0.717, 1.165) is 17.9 Å². The van der Waals surface area contributed by atoms with E-state index < -0.39 is 13.9 Å². The first-order chi connectivity index (χ1) is 13.9. The van der Waals surface area contributed by atoms with Crippen molar-refractivity contribution >= 4 is 27.3 Å². The van der Waals surface area contributed by atoms with Gasteiger partial charge in [0, 0.05) is 0 Å². The van der Waals surface area contributed by atoms with Gasteiger partial charge in [0.2, 0.25) is 0 Å². The van der Waals surface area contributed by atoms with E-state index in [1.165, 1.54) is 30.1 Å². The van der Waals surface area contributed by atoms with Crippen LogP contribution in [0.4, 0.5) is 0 Å². The first-order valence-electron chi connectivity index (χ1n) is 10.3. The molecule has 3 aromatic rings. The van der Waals surface area contributed by atoms with Crippen molar-refractivity contribution in [2.24, 2.45) is 0 Å². The number of aliphatic hydroxyl groups is 1. The number of ether oxygens (including phenoxy) is 1. The summed E-state index contributed by atoms with van der Waals surface area (Å²) < 4.78 is 10.5. The number of fused-ring (bicyclic) bond motifs is 2. The molecule has 4 rings (SSSR count). The standard InChI is InChI=1S/C26H29O2Se/c1-5-18-8-12-24-22(16-18)28-23-17-20(26(2,3)4)9-13-25(23)29(24)21-10-6-19(7-11-21)14-15-27/h6-13,16-17,27H,5,14-15H2,1-4H3. The van der Waals surface area contributed by atoms with Crippen LogP contribution in [0.15, 0.2) is 60.7 Å². The van der Waals surface area contributed by atoms with Crippen LogP contribution < -0.4 is 18.1 Å². The molecular formula is C26H29O2Se. The van der Waals surface area contributed by atoms with Crippen LogP contribution in [0.2, 0.25) is 0 Å². The molecular weight excluding hydrogens is 423 g/mol. The van der Waals surface area contributed by atoms with Crippen molar-refractivity contribution in [3.63, 3.8) is 0 Å². The van der Waals surface area contributed by atoms with Crippen LogP contribution in [-0.4, -0.2) is 25.6 Å². The van der Waals surface area contributed by atoms with Crippen LogP contribution in [0.25, 0.3) is 0 Å².